The zero-order valence-electron chi connectivity index (χ0n) is 9.99. The molecule has 0 spiro atoms. The third-order valence-electron chi connectivity index (χ3n) is 2.92. The van der Waals surface area contributed by atoms with Crippen LogP contribution in [0.15, 0.2) is 24.3 Å². The smallest absolute Gasteiger partial charge is 0.0649 e. The molecule has 84 valence electrons. The first kappa shape index (κ1) is 10.9. The number of nitrogens with two attached hydrogens (primary N) is 1. The van der Waals surface area contributed by atoms with Crippen molar-refractivity contribution in [3.63, 3.8) is 0 Å². The van der Waals surface area contributed by atoms with Gasteiger partial charge in [-0.15, -0.1) is 0 Å². The second-order valence-electron chi connectivity index (χ2n) is 4.10. The lowest BCUT2D eigenvalue weighted by Gasteiger charge is -2.05. The van der Waals surface area contributed by atoms with Crippen molar-refractivity contribution in [2.75, 3.05) is 0 Å². The van der Waals surface area contributed by atoms with Crippen LogP contribution in [0.1, 0.15) is 22.5 Å². The summed E-state index contributed by atoms with van der Waals surface area (Å²) in [5, 5.41) is 4.52. The molecular formula is C13H17N3. The average molecular weight is 215 g/mol. The van der Waals surface area contributed by atoms with Crippen molar-refractivity contribution in [2.24, 2.45) is 5.73 Å². The quantitative estimate of drug-likeness (QED) is 0.835. The molecule has 3 heteroatoms. The van der Waals surface area contributed by atoms with Gasteiger partial charge in [-0.2, -0.15) is 5.10 Å². The van der Waals surface area contributed by atoms with E-state index >= 15 is 0 Å². The van der Waals surface area contributed by atoms with E-state index in [1.54, 1.807) is 0 Å². The normalized spacial score (nSPS) is 10.8. The monoisotopic (exact) mass is 215 g/mol. The van der Waals surface area contributed by atoms with Crippen LogP contribution in [-0.2, 0) is 6.54 Å². The van der Waals surface area contributed by atoms with E-state index in [1.165, 1.54) is 5.56 Å². The van der Waals surface area contributed by atoms with E-state index in [1.807, 2.05) is 11.6 Å². The number of rotatable bonds is 2. The van der Waals surface area contributed by atoms with Gasteiger partial charge in [-0.3, -0.25) is 0 Å². The molecule has 0 radical (unpaired) electrons. The van der Waals surface area contributed by atoms with Gasteiger partial charge in [0.25, 0.3) is 0 Å². The molecule has 0 aliphatic carbocycles. The predicted molar refractivity (Wildman–Crippen MR) is 65.7 cm³/mol. The molecule has 0 saturated heterocycles. The summed E-state index contributed by atoms with van der Waals surface area (Å²) in [7, 11) is 0. The van der Waals surface area contributed by atoms with Gasteiger partial charge in [0.2, 0.25) is 0 Å². The van der Waals surface area contributed by atoms with E-state index in [4.69, 9.17) is 5.73 Å². The van der Waals surface area contributed by atoms with Crippen LogP contribution in [0.4, 0.5) is 0 Å². The number of nitrogens with zero attached hydrogens (tertiary/aromatic N) is 2. The molecule has 0 amide bonds. The van der Waals surface area contributed by atoms with Gasteiger partial charge >= 0.3 is 0 Å². The van der Waals surface area contributed by atoms with Gasteiger partial charge in [0.05, 0.1) is 11.4 Å². The van der Waals surface area contributed by atoms with Crippen LogP contribution in [-0.4, -0.2) is 9.78 Å². The summed E-state index contributed by atoms with van der Waals surface area (Å²) >= 11 is 0. The number of aromatic nitrogens is 2. The molecule has 0 atom stereocenters. The van der Waals surface area contributed by atoms with Crippen molar-refractivity contribution < 1.29 is 0 Å². The summed E-state index contributed by atoms with van der Waals surface area (Å²) in [5.74, 6) is 0. The first-order chi connectivity index (χ1) is 7.63. The van der Waals surface area contributed by atoms with Crippen LogP contribution in [0.2, 0.25) is 0 Å². The maximum Gasteiger partial charge on any atom is 0.0649 e. The average Bonchev–Trinajstić information content (AvgIpc) is 2.55. The van der Waals surface area contributed by atoms with Gasteiger partial charge < -0.3 is 5.73 Å². The van der Waals surface area contributed by atoms with E-state index in [9.17, 15) is 0 Å². The summed E-state index contributed by atoms with van der Waals surface area (Å²) in [5.41, 5.74) is 11.3. The predicted octanol–water partition coefficient (Wildman–Crippen LogP) is 2.26. The summed E-state index contributed by atoms with van der Waals surface area (Å²) in [6.45, 7) is 6.68. The largest absolute Gasteiger partial charge is 0.326 e. The van der Waals surface area contributed by atoms with E-state index in [0.717, 1.165) is 22.6 Å². The second-order valence-corrected chi connectivity index (χ2v) is 4.10. The summed E-state index contributed by atoms with van der Waals surface area (Å²) in [4.78, 5) is 0. The van der Waals surface area contributed by atoms with E-state index in [-0.39, 0.29) is 0 Å². The Kier molecular flexibility index (Phi) is 2.79. The Balaban J connectivity index is 2.52. The van der Waals surface area contributed by atoms with Crippen molar-refractivity contribution >= 4 is 0 Å². The molecule has 0 bridgehead atoms. The molecule has 16 heavy (non-hydrogen) atoms. The highest BCUT2D eigenvalue weighted by atomic mass is 15.3. The Hall–Kier alpha value is -1.61. The summed E-state index contributed by atoms with van der Waals surface area (Å²) in [6, 6.07) is 8.34. The van der Waals surface area contributed by atoms with Crippen molar-refractivity contribution in [3.8, 4) is 5.69 Å². The fourth-order valence-electron chi connectivity index (χ4n) is 1.91. The third-order valence-corrected chi connectivity index (χ3v) is 2.92. The van der Waals surface area contributed by atoms with Crippen molar-refractivity contribution in [2.45, 2.75) is 27.3 Å². The van der Waals surface area contributed by atoms with Crippen LogP contribution < -0.4 is 5.73 Å². The Morgan fingerprint density at radius 1 is 1.12 bits per heavy atom. The zero-order valence-corrected chi connectivity index (χ0v) is 9.99. The molecule has 0 saturated carbocycles. The van der Waals surface area contributed by atoms with Gasteiger partial charge in [-0.05, 0) is 32.9 Å². The number of hydrogen-bond donors (Lipinski definition) is 1. The van der Waals surface area contributed by atoms with Gasteiger partial charge in [0, 0.05) is 17.8 Å². The van der Waals surface area contributed by atoms with Crippen LogP contribution in [0.5, 0.6) is 0 Å². The first-order valence-electron chi connectivity index (χ1n) is 5.45. The van der Waals surface area contributed by atoms with Crippen LogP contribution in [0, 0.1) is 20.8 Å². The lowest BCUT2D eigenvalue weighted by atomic mass is 10.2. The van der Waals surface area contributed by atoms with Crippen LogP contribution in [0.25, 0.3) is 5.69 Å². The van der Waals surface area contributed by atoms with E-state index in [2.05, 4.69) is 43.2 Å². The maximum atomic E-state index is 5.71. The third kappa shape index (κ3) is 1.74. The molecule has 1 aromatic heterocycles. The minimum atomic E-state index is 0.545. The van der Waals surface area contributed by atoms with E-state index in [0.29, 0.717) is 6.54 Å². The number of hydrogen-bond acceptors (Lipinski definition) is 2. The Labute approximate surface area is 95.9 Å². The molecule has 3 nitrogen and oxygen atoms in total. The van der Waals surface area contributed by atoms with E-state index < -0.39 is 0 Å². The fraction of sp³-hybridized carbons (Fsp3) is 0.308. The number of benzene rings is 1. The van der Waals surface area contributed by atoms with Gasteiger partial charge in [0.15, 0.2) is 0 Å². The molecule has 1 aromatic carbocycles. The minimum absolute atomic E-state index is 0.545. The first-order valence-corrected chi connectivity index (χ1v) is 5.45. The standard InChI is InChI=1S/C13H17N3/c1-9-4-6-12(7-5-9)16-11(3)13(8-14)10(2)15-16/h4-7H,8,14H2,1-3H3. The highest BCUT2D eigenvalue weighted by molar-refractivity contribution is 5.38. The molecule has 0 fully saturated rings. The molecule has 2 aromatic rings. The molecule has 0 aliphatic rings. The minimum Gasteiger partial charge on any atom is -0.326 e. The second kappa shape index (κ2) is 4.10. The SMILES string of the molecule is Cc1ccc(-n2nc(C)c(CN)c2C)cc1. The summed E-state index contributed by atoms with van der Waals surface area (Å²) in [6.07, 6.45) is 0. The van der Waals surface area contributed by atoms with Gasteiger partial charge in [-0.25, -0.2) is 4.68 Å². The Morgan fingerprint density at radius 2 is 1.75 bits per heavy atom. The highest BCUT2D eigenvalue weighted by Gasteiger charge is 2.10. The Morgan fingerprint density at radius 3 is 2.25 bits per heavy atom. The lowest BCUT2D eigenvalue weighted by Crippen LogP contribution is -2.01. The zero-order chi connectivity index (χ0) is 11.7. The summed E-state index contributed by atoms with van der Waals surface area (Å²) < 4.78 is 1.96. The van der Waals surface area contributed by atoms with Crippen molar-refractivity contribution in [1.82, 2.24) is 9.78 Å². The molecule has 0 unspecified atom stereocenters. The highest BCUT2D eigenvalue weighted by Crippen LogP contribution is 2.17. The van der Waals surface area contributed by atoms with Crippen LogP contribution >= 0.6 is 0 Å². The van der Waals surface area contributed by atoms with Crippen molar-refractivity contribution in [3.05, 3.63) is 46.8 Å². The Bertz CT molecular complexity index is 495. The molecule has 2 rings (SSSR count). The molecule has 0 aliphatic heterocycles. The topological polar surface area (TPSA) is 43.8 Å². The van der Waals surface area contributed by atoms with Gasteiger partial charge in [-0.1, -0.05) is 17.7 Å². The fourth-order valence-corrected chi connectivity index (χ4v) is 1.91. The molecule has 1 heterocycles. The van der Waals surface area contributed by atoms with Crippen LogP contribution in [0.3, 0.4) is 0 Å². The van der Waals surface area contributed by atoms with Gasteiger partial charge in [0.1, 0.15) is 0 Å². The molecule has 2 N–H and O–H groups in total. The molecular weight excluding hydrogens is 198 g/mol. The van der Waals surface area contributed by atoms with Crippen molar-refractivity contribution in [1.29, 1.82) is 0 Å². The number of aryl methyl sites for hydroxylation is 2. The lowest BCUT2D eigenvalue weighted by molar-refractivity contribution is 0.832. The maximum absolute atomic E-state index is 5.71.